The summed E-state index contributed by atoms with van der Waals surface area (Å²) in [6, 6.07) is 66.6. The lowest BCUT2D eigenvalue weighted by atomic mass is 9.80. The number of pyridine rings is 1. The van der Waals surface area contributed by atoms with Gasteiger partial charge in [-0.15, -0.1) is 0 Å². The fourth-order valence-corrected chi connectivity index (χ4v) is 9.08. The van der Waals surface area contributed by atoms with Crippen LogP contribution in [-0.4, -0.2) is 9.55 Å². The molecule has 0 N–H and O–H groups in total. The predicted molar refractivity (Wildman–Crippen MR) is 227 cm³/mol. The third kappa shape index (κ3) is 4.56. The molecule has 1 aliphatic rings. The molecule has 54 heavy (non-hydrogen) atoms. The molecule has 11 rings (SSSR count). The highest BCUT2D eigenvalue weighted by Crippen LogP contribution is 2.51. The van der Waals surface area contributed by atoms with Crippen LogP contribution in [0.3, 0.4) is 0 Å². The molecule has 0 saturated heterocycles. The van der Waals surface area contributed by atoms with Crippen molar-refractivity contribution in [2.75, 3.05) is 0 Å². The summed E-state index contributed by atoms with van der Waals surface area (Å²) in [6.45, 7) is 4.76. The Morgan fingerprint density at radius 2 is 0.870 bits per heavy atom. The molecule has 0 fully saturated rings. The van der Waals surface area contributed by atoms with Crippen LogP contribution in [0.2, 0.25) is 0 Å². The molecule has 0 radical (unpaired) electrons. The second-order valence-corrected chi connectivity index (χ2v) is 15.2. The van der Waals surface area contributed by atoms with Crippen LogP contribution < -0.4 is 0 Å². The molecule has 2 heterocycles. The summed E-state index contributed by atoms with van der Waals surface area (Å²) in [4.78, 5) is 4.95. The minimum absolute atomic E-state index is 0.140. The zero-order valence-corrected chi connectivity index (χ0v) is 30.2. The third-order valence-electron chi connectivity index (χ3n) is 11.8. The lowest BCUT2D eigenvalue weighted by Gasteiger charge is -2.22. The fraction of sp³-hybridized carbons (Fsp3) is 0.0577. The van der Waals surface area contributed by atoms with Gasteiger partial charge in [-0.1, -0.05) is 141 Å². The first-order valence-electron chi connectivity index (χ1n) is 18.8. The quantitative estimate of drug-likeness (QED) is 0.168. The van der Waals surface area contributed by atoms with Crippen LogP contribution in [-0.2, 0) is 5.41 Å². The highest BCUT2D eigenvalue weighted by Gasteiger charge is 2.36. The van der Waals surface area contributed by atoms with E-state index in [-0.39, 0.29) is 5.41 Å². The van der Waals surface area contributed by atoms with Crippen LogP contribution in [0.1, 0.15) is 25.0 Å². The molecule has 0 amide bonds. The summed E-state index contributed by atoms with van der Waals surface area (Å²) in [5.41, 5.74) is 18.4. The molecule has 0 unspecified atom stereocenters. The first-order chi connectivity index (χ1) is 26.5. The van der Waals surface area contributed by atoms with Crippen molar-refractivity contribution >= 4 is 43.6 Å². The van der Waals surface area contributed by atoms with Crippen molar-refractivity contribution in [1.29, 1.82) is 0 Å². The van der Waals surface area contributed by atoms with Gasteiger partial charge in [0.15, 0.2) is 0 Å². The van der Waals surface area contributed by atoms with Gasteiger partial charge in [0.1, 0.15) is 0 Å². The van der Waals surface area contributed by atoms with E-state index in [4.69, 9.17) is 4.98 Å². The molecule has 2 aromatic heterocycles. The standard InChI is InChI=1S/C52H36N2/c1-52(2)45-31-36(33-20-22-34(23-21-33)51-42-15-6-9-17-47(42)53-48-18-10-7-16-43(48)51)24-27-39(45)40-28-25-37(32-46(40)52)35-26-29-50-44(30-35)41-14-8-11-19-49(41)54(50)38-12-4-3-5-13-38/h3-32H,1-2H3. The monoisotopic (exact) mass is 688 g/mol. The van der Waals surface area contributed by atoms with E-state index in [1.165, 1.54) is 93.9 Å². The molecule has 0 bridgehead atoms. The summed E-state index contributed by atoms with van der Waals surface area (Å²) in [5, 5.41) is 4.91. The van der Waals surface area contributed by atoms with E-state index in [0.29, 0.717) is 0 Å². The summed E-state index contributed by atoms with van der Waals surface area (Å²) in [7, 11) is 0. The van der Waals surface area contributed by atoms with Gasteiger partial charge in [-0.05, 0) is 105 Å². The van der Waals surface area contributed by atoms with Crippen molar-refractivity contribution < 1.29 is 0 Å². The summed E-state index contributed by atoms with van der Waals surface area (Å²) in [6.07, 6.45) is 0. The predicted octanol–water partition coefficient (Wildman–Crippen LogP) is 13.8. The molecule has 0 spiro atoms. The molecule has 2 nitrogen and oxygen atoms in total. The Kier molecular flexibility index (Phi) is 6.63. The summed E-state index contributed by atoms with van der Waals surface area (Å²) >= 11 is 0. The number of para-hydroxylation sites is 4. The lowest BCUT2D eigenvalue weighted by Crippen LogP contribution is -2.15. The highest BCUT2D eigenvalue weighted by atomic mass is 15.0. The van der Waals surface area contributed by atoms with Gasteiger partial charge in [0.2, 0.25) is 0 Å². The van der Waals surface area contributed by atoms with Gasteiger partial charge in [-0.25, -0.2) is 4.98 Å². The molecule has 0 aliphatic heterocycles. The molecule has 1 aliphatic carbocycles. The normalized spacial score (nSPS) is 13.1. The molecular weight excluding hydrogens is 653 g/mol. The lowest BCUT2D eigenvalue weighted by molar-refractivity contribution is 0.661. The van der Waals surface area contributed by atoms with Gasteiger partial charge in [0.25, 0.3) is 0 Å². The van der Waals surface area contributed by atoms with Gasteiger partial charge in [-0.2, -0.15) is 0 Å². The van der Waals surface area contributed by atoms with Crippen LogP contribution >= 0.6 is 0 Å². The summed E-state index contributed by atoms with van der Waals surface area (Å²) < 4.78 is 2.38. The number of aromatic nitrogens is 2. The number of hydrogen-bond donors (Lipinski definition) is 0. The molecule has 2 heteroatoms. The number of fused-ring (bicyclic) bond motifs is 8. The average molecular weight is 689 g/mol. The topological polar surface area (TPSA) is 17.8 Å². The minimum Gasteiger partial charge on any atom is -0.309 e. The molecule has 10 aromatic rings. The minimum atomic E-state index is -0.140. The van der Waals surface area contributed by atoms with E-state index >= 15 is 0 Å². The van der Waals surface area contributed by atoms with E-state index in [0.717, 1.165) is 11.0 Å². The largest absolute Gasteiger partial charge is 0.309 e. The first kappa shape index (κ1) is 30.8. The number of nitrogens with zero attached hydrogens (tertiary/aromatic N) is 2. The van der Waals surface area contributed by atoms with Crippen LogP contribution in [0.5, 0.6) is 0 Å². The zero-order chi connectivity index (χ0) is 36.0. The Bertz CT molecular complexity index is 3060. The van der Waals surface area contributed by atoms with Crippen LogP contribution in [0.4, 0.5) is 0 Å². The summed E-state index contributed by atoms with van der Waals surface area (Å²) in [5.74, 6) is 0. The Hall–Kier alpha value is -6.77. The maximum absolute atomic E-state index is 4.95. The van der Waals surface area contributed by atoms with Crippen LogP contribution in [0, 0.1) is 0 Å². The maximum atomic E-state index is 4.95. The van der Waals surface area contributed by atoms with E-state index in [2.05, 4.69) is 200 Å². The van der Waals surface area contributed by atoms with Crippen LogP contribution in [0.25, 0.3) is 93.8 Å². The Labute approximate surface area is 314 Å². The van der Waals surface area contributed by atoms with Gasteiger partial charge >= 0.3 is 0 Å². The second-order valence-electron chi connectivity index (χ2n) is 15.2. The van der Waals surface area contributed by atoms with Gasteiger partial charge < -0.3 is 4.57 Å². The molecule has 254 valence electrons. The smallest absolute Gasteiger partial charge is 0.0715 e. The number of benzene rings is 8. The fourth-order valence-electron chi connectivity index (χ4n) is 9.08. The SMILES string of the molecule is CC1(C)c2cc(-c3ccc(-c4c5ccccc5nc5ccccc45)cc3)ccc2-c2ccc(-c3ccc4c(c3)c3ccccc3n4-c3ccccc3)cc21. The van der Waals surface area contributed by atoms with Crippen molar-refractivity contribution in [3.05, 3.63) is 193 Å². The van der Waals surface area contributed by atoms with Crippen molar-refractivity contribution in [3.63, 3.8) is 0 Å². The van der Waals surface area contributed by atoms with Gasteiger partial charge in [0, 0.05) is 38.2 Å². The van der Waals surface area contributed by atoms with E-state index in [1.807, 2.05) is 0 Å². The van der Waals surface area contributed by atoms with E-state index in [9.17, 15) is 0 Å². The molecule has 0 atom stereocenters. The second kappa shape index (κ2) is 11.6. The highest BCUT2D eigenvalue weighted by molar-refractivity contribution is 6.11. The zero-order valence-electron chi connectivity index (χ0n) is 30.2. The Morgan fingerprint density at radius 3 is 1.54 bits per heavy atom. The van der Waals surface area contributed by atoms with Crippen molar-refractivity contribution in [3.8, 4) is 50.2 Å². The van der Waals surface area contributed by atoms with Gasteiger partial charge in [0.05, 0.1) is 22.1 Å². The average Bonchev–Trinajstić information content (AvgIpc) is 3.67. The first-order valence-corrected chi connectivity index (χ1v) is 18.8. The molecule has 0 saturated carbocycles. The van der Waals surface area contributed by atoms with E-state index < -0.39 is 0 Å². The van der Waals surface area contributed by atoms with Gasteiger partial charge in [-0.3, -0.25) is 0 Å². The molecule has 8 aromatic carbocycles. The van der Waals surface area contributed by atoms with Crippen LogP contribution in [0.15, 0.2) is 182 Å². The number of rotatable bonds is 4. The van der Waals surface area contributed by atoms with Crippen molar-refractivity contribution in [2.45, 2.75) is 19.3 Å². The molecular formula is C52H36N2. The Morgan fingerprint density at radius 1 is 0.389 bits per heavy atom. The maximum Gasteiger partial charge on any atom is 0.0715 e. The van der Waals surface area contributed by atoms with E-state index in [1.54, 1.807) is 0 Å². The Balaban J connectivity index is 0.959. The van der Waals surface area contributed by atoms with Crippen molar-refractivity contribution in [2.24, 2.45) is 0 Å². The number of hydrogen-bond acceptors (Lipinski definition) is 1. The van der Waals surface area contributed by atoms with Crippen molar-refractivity contribution in [1.82, 2.24) is 9.55 Å². The third-order valence-corrected chi connectivity index (χ3v) is 11.8.